The molecule has 0 N–H and O–H groups in total. The summed E-state index contributed by atoms with van der Waals surface area (Å²) in [6.07, 6.45) is 7.03. The Morgan fingerprint density at radius 1 is 0.491 bits per heavy atom. The van der Waals surface area contributed by atoms with E-state index in [-0.39, 0.29) is 52.3 Å². The quantitative estimate of drug-likeness (QED) is 0.117. The van der Waals surface area contributed by atoms with E-state index in [2.05, 4.69) is 87.9 Å². The van der Waals surface area contributed by atoms with Gasteiger partial charge in [-0.1, -0.05) is 89.0 Å². The number of pyridine rings is 2. The smallest absolute Gasteiger partial charge is 0.503 e. The second-order valence-electron chi connectivity index (χ2n) is 14.9. The summed E-state index contributed by atoms with van der Waals surface area (Å²) in [5.74, 6) is 2.70. The van der Waals surface area contributed by atoms with Crippen molar-refractivity contribution < 1.29 is 51.0 Å². The van der Waals surface area contributed by atoms with Crippen molar-refractivity contribution in [1.29, 1.82) is 0 Å². The Hall–Kier alpha value is -4.99. The van der Waals surface area contributed by atoms with Crippen LogP contribution in [-0.2, 0) is 52.3 Å². The molecule has 8 rings (SSSR count). The first-order valence-corrected chi connectivity index (χ1v) is 17.6. The first kappa shape index (κ1) is 39.7. The van der Waals surface area contributed by atoms with Crippen LogP contribution in [0, 0.1) is 24.3 Å². The summed E-state index contributed by atoms with van der Waals surface area (Å²) in [6, 6.07) is 43.3. The van der Waals surface area contributed by atoms with Gasteiger partial charge in [-0.25, -0.2) is 9.97 Å². The molecule has 0 spiro atoms. The summed E-state index contributed by atoms with van der Waals surface area (Å²) in [5.41, 5.74) is 6.47. The van der Waals surface area contributed by atoms with Gasteiger partial charge in [0.2, 0.25) is 5.95 Å². The van der Waals surface area contributed by atoms with Gasteiger partial charge < -0.3 is 24.0 Å². The Morgan fingerprint density at radius 3 is 1.33 bits per heavy atom. The van der Waals surface area contributed by atoms with Crippen LogP contribution >= 0.6 is 0 Å². The number of rotatable bonds is 7. The number of benzene rings is 4. The van der Waals surface area contributed by atoms with Crippen LogP contribution in [0.1, 0.15) is 52.7 Å². The maximum absolute atomic E-state index is 6.58. The molecule has 8 aromatic rings. The summed E-state index contributed by atoms with van der Waals surface area (Å²) in [5, 5.41) is 2.07. The number of aromatic nitrogens is 5. The standard InChI is InChI=1S/C46H37N5O2.Pd.Pt/c1-45(2,3)36-26-34(52-32-16-11-14-30(24-32)38-18-7-9-20-47-38)28-40-42(36)43-37(46(4,5)6)27-35(29-41(43)51(40)44-49-22-13-23-50-44)53-33-17-12-15-31(25-33)39-19-8-10-21-48-39;;/h7-23,26-27H,1-6H3;;/q-4;2*+2. The second-order valence-corrected chi connectivity index (χ2v) is 14.9. The van der Waals surface area contributed by atoms with Gasteiger partial charge in [0.25, 0.3) is 0 Å². The summed E-state index contributed by atoms with van der Waals surface area (Å²) >= 11 is 0. The predicted molar refractivity (Wildman–Crippen MR) is 209 cm³/mol. The third kappa shape index (κ3) is 8.19. The fourth-order valence-electron chi connectivity index (χ4n) is 6.54. The molecule has 0 saturated heterocycles. The van der Waals surface area contributed by atoms with Crippen LogP contribution in [0.15, 0.2) is 116 Å². The van der Waals surface area contributed by atoms with E-state index in [9.17, 15) is 0 Å². The van der Waals surface area contributed by atoms with Gasteiger partial charge in [0.05, 0.1) is 0 Å². The Labute approximate surface area is 350 Å². The monoisotopic (exact) mass is 992 g/mol. The third-order valence-corrected chi connectivity index (χ3v) is 8.97. The van der Waals surface area contributed by atoms with Gasteiger partial charge in [0.1, 0.15) is 0 Å². The molecule has 0 bridgehead atoms. The summed E-state index contributed by atoms with van der Waals surface area (Å²) in [6.45, 7) is 13.3. The van der Waals surface area contributed by atoms with Crippen LogP contribution in [0.2, 0.25) is 0 Å². The molecule has 0 unspecified atom stereocenters. The Kier molecular flexibility index (Phi) is 11.6. The number of nitrogens with zero attached hydrogens (tertiary/aromatic N) is 5. The maximum Gasteiger partial charge on any atom is 2.00 e. The fourth-order valence-corrected chi connectivity index (χ4v) is 6.54. The number of hydrogen-bond donors (Lipinski definition) is 0. The van der Waals surface area contributed by atoms with Crippen LogP contribution in [0.5, 0.6) is 23.0 Å². The zero-order valence-electron chi connectivity index (χ0n) is 31.2. The molecule has 0 aliphatic carbocycles. The van der Waals surface area contributed by atoms with Gasteiger partial charge in [0, 0.05) is 47.8 Å². The molecule has 55 heavy (non-hydrogen) atoms. The van der Waals surface area contributed by atoms with E-state index in [1.165, 1.54) is 0 Å². The molecule has 0 aliphatic rings. The maximum atomic E-state index is 6.58. The van der Waals surface area contributed by atoms with Gasteiger partial charge >= 0.3 is 41.5 Å². The molecule has 0 radical (unpaired) electrons. The molecule has 0 saturated carbocycles. The zero-order valence-corrected chi connectivity index (χ0v) is 35.0. The van der Waals surface area contributed by atoms with E-state index in [4.69, 9.17) is 19.4 Å². The molecular weight excluding hydrogens is 956 g/mol. The molecular formula is C46H37N5O2PdPt. The zero-order chi connectivity index (χ0) is 36.7. The van der Waals surface area contributed by atoms with Crippen LogP contribution in [0.25, 0.3) is 50.3 Å². The van der Waals surface area contributed by atoms with Crippen molar-refractivity contribution in [3.05, 3.63) is 151 Å². The molecule has 278 valence electrons. The third-order valence-electron chi connectivity index (χ3n) is 8.97. The molecule has 0 amide bonds. The van der Waals surface area contributed by atoms with E-state index in [1.807, 2.05) is 83.4 Å². The predicted octanol–water partition coefficient (Wildman–Crippen LogP) is 11.1. The summed E-state index contributed by atoms with van der Waals surface area (Å²) < 4.78 is 15.2. The molecule has 7 nitrogen and oxygen atoms in total. The van der Waals surface area contributed by atoms with Gasteiger partial charge in [0.15, 0.2) is 0 Å². The van der Waals surface area contributed by atoms with Gasteiger partial charge in [-0.15, -0.1) is 71.8 Å². The molecule has 4 heterocycles. The molecule has 4 aromatic heterocycles. The molecule has 0 fully saturated rings. The average molecular weight is 993 g/mol. The van der Waals surface area contributed by atoms with Gasteiger partial charge in [-0.05, 0) is 40.4 Å². The SMILES string of the molecule is CC(C)(C)c1cc(Oc2[c-]c(-c3ccccn3)ccc2)[c-]c2c1c1c(C(C)(C)C)cc(Oc3[c-]c(-c4ccccn4)ccc3)[c-]c1n2-c1ncccn1.[Pd+2].[Pt+2]. The Balaban J connectivity index is 0.00000257. The van der Waals surface area contributed by atoms with Crippen molar-refractivity contribution in [2.75, 3.05) is 0 Å². The second kappa shape index (κ2) is 16.0. The minimum Gasteiger partial charge on any atom is -0.503 e. The number of ether oxygens (including phenoxy) is 2. The normalized spacial score (nSPS) is 11.5. The van der Waals surface area contributed by atoms with Crippen LogP contribution in [0.3, 0.4) is 0 Å². The molecule has 0 aliphatic heterocycles. The molecule has 0 atom stereocenters. The molecule has 4 aromatic carbocycles. The van der Waals surface area contributed by atoms with Crippen molar-refractivity contribution in [1.82, 2.24) is 24.5 Å². The van der Waals surface area contributed by atoms with E-state index in [0.717, 1.165) is 55.4 Å². The first-order valence-electron chi connectivity index (χ1n) is 17.6. The Bertz CT molecular complexity index is 2420. The largest absolute Gasteiger partial charge is 2.00 e. The van der Waals surface area contributed by atoms with Gasteiger partial charge in [-0.3, -0.25) is 0 Å². The van der Waals surface area contributed by atoms with Crippen molar-refractivity contribution in [3.8, 4) is 51.5 Å². The average Bonchev–Trinajstić information content (AvgIpc) is 3.48. The van der Waals surface area contributed by atoms with Crippen molar-refractivity contribution in [2.24, 2.45) is 0 Å². The van der Waals surface area contributed by atoms with Crippen molar-refractivity contribution in [2.45, 2.75) is 52.4 Å². The van der Waals surface area contributed by atoms with Crippen LogP contribution < -0.4 is 9.47 Å². The van der Waals surface area contributed by atoms with E-state index in [0.29, 0.717) is 28.9 Å². The Morgan fingerprint density at radius 2 is 0.927 bits per heavy atom. The topological polar surface area (TPSA) is 75.0 Å². The van der Waals surface area contributed by atoms with Crippen molar-refractivity contribution in [3.63, 3.8) is 0 Å². The summed E-state index contributed by atoms with van der Waals surface area (Å²) in [7, 11) is 0. The fraction of sp³-hybridized carbons (Fsp3) is 0.174. The van der Waals surface area contributed by atoms with Gasteiger partial charge in [-0.2, -0.15) is 21.9 Å². The van der Waals surface area contributed by atoms with E-state index in [1.54, 1.807) is 24.8 Å². The van der Waals surface area contributed by atoms with Crippen LogP contribution in [-0.4, -0.2) is 24.5 Å². The first-order chi connectivity index (χ1) is 25.5. The minimum absolute atomic E-state index is 0. The summed E-state index contributed by atoms with van der Waals surface area (Å²) in [4.78, 5) is 18.5. The minimum atomic E-state index is -0.285. The van der Waals surface area contributed by atoms with E-state index >= 15 is 0 Å². The van der Waals surface area contributed by atoms with Crippen LogP contribution in [0.4, 0.5) is 0 Å². The number of hydrogen-bond acceptors (Lipinski definition) is 6. The number of fused-ring (bicyclic) bond motifs is 3. The van der Waals surface area contributed by atoms with E-state index < -0.39 is 0 Å². The van der Waals surface area contributed by atoms with Crippen molar-refractivity contribution >= 4 is 21.8 Å². The molecule has 9 heteroatoms.